The molecule has 35 heavy (non-hydrogen) atoms. The zero-order valence-electron chi connectivity index (χ0n) is 18.7. The van der Waals surface area contributed by atoms with Crippen LogP contribution in [-0.4, -0.2) is 61.4 Å². The number of rotatable bonds is 10. The molecule has 1 aliphatic heterocycles. The van der Waals surface area contributed by atoms with Gasteiger partial charge in [0.2, 0.25) is 0 Å². The molecule has 0 unspecified atom stereocenters. The lowest BCUT2D eigenvalue weighted by Gasteiger charge is -2.15. The molecule has 0 saturated carbocycles. The fraction of sp³-hybridized carbons (Fsp3) is 0.261. The lowest BCUT2D eigenvalue weighted by atomic mass is 10.3. The van der Waals surface area contributed by atoms with E-state index in [9.17, 15) is 4.79 Å². The van der Waals surface area contributed by atoms with Crippen molar-refractivity contribution in [1.82, 2.24) is 29.3 Å². The second-order valence-corrected chi connectivity index (χ2v) is 10.6. The molecule has 0 aliphatic carbocycles. The second kappa shape index (κ2) is 11.7. The molecule has 1 fully saturated rings. The fourth-order valence-corrected chi connectivity index (χ4v) is 5.61. The van der Waals surface area contributed by atoms with Crippen molar-refractivity contribution >= 4 is 46.1 Å². The average Bonchev–Trinajstić information content (AvgIpc) is 3.66. The smallest absolute Gasteiger partial charge is 0.277 e. The Morgan fingerprint density at radius 3 is 2.71 bits per heavy atom. The Hall–Kier alpha value is -2.93. The molecule has 0 bridgehead atoms. The molecular formula is C23H23N7O2S3. The number of likely N-dealkylation sites (tertiary alicyclic amines) is 1. The van der Waals surface area contributed by atoms with Crippen molar-refractivity contribution in [3.05, 3.63) is 66.1 Å². The number of benzene rings is 1. The third kappa shape index (κ3) is 6.60. The number of aromatic nitrogens is 5. The highest BCUT2D eigenvalue weighted by atomic mass is 32.2. The van der Waals surface area contributed by atoms with Gasteiger partial charge in [-0.05, 0) is 62.3 Å². The number of hydrogen-bond donors (Lipinski definition) is 1. The van der Waals surface area contributed by atoms with Crippen molar-refractivity contribution in [3.63, 3.8) is 0 Å². The minimum absolute atomic E-state index is 0.314. The van der Waals surface area contributed by atoms with Gasteiger partial charge in [0.25, 0.3) is 5.91 Å². The van der Waals surface area contributed by atoms with Gasteiger partial charge >= 0.3 is 0 Å². The van der Waals surface area contributed by atoms with Gasteiger partial charge in [-0.2, -0.15) is 4.09 Å². The summed E-state index contributed by atoms with van der Waals surface area (Å²) in [7, 11) is 0. The van der Waals surface area contributed by atoms with E-state index in [0.717, 1.165) is 22.1 Å². The Balaban J connectivity index is 1.28. The Labute approximate surface area is 215 Å². The Morgan fingerprint density at radius 1 is 1.11 bits per heavy atom. The molecule has 180 valence electrons. The molecule has 12 heteroatoms. The molecule has 0 spiro atoms. The van der Waals surface area contributed by atoms with Crippen LogP contribution in [0, 0.1) is 0 Å². The number of ether oxygens (including phenoxy) is 1. The van der Waals surface area contributed by atoms with Crippen LogP contribution in [0.3, 0.4) is 0 Å². The second-order valence-electron chi connectivity index (χ2n) is 7.66. The van der Waals surface area contributed by atoms with Gasteiger partial charge in [0.15, 0.2) is 5.13 Å². The lowest BCUT2D eigenvalue weighted by molar-refractivity contribution is 0.101. The van der Waals surface area contributed by atoms with Gasteiger partial charge in [0.05, 0.1) is 12.4 Å². The molecule has 1 aliphatic rings. The molecule has 1 saturated heterocycles. The average molecular weight is 526 g/mol. The lowest BCUT2D eigenvalue weighted by Crippen LogP contribution is -2.25. The first-order chi connectivity index (χ1) is 17.2. The molecular weight excluding hydrogens is 503 g/mol. The summed E-state index contributed by atoms with van der Waals surface area (Å²) in [4.78, 5) is 26.0. The van der Waals surface area contributed by atoms with Crippen LogP contribution in [-0.2, 0) is 0 Å². The molecule has 3 aromatic heterocycles. The zero-order chi connectivity index (χ0) is 23.9. The maximum atomic E-state index is 13.1. The van der Waals surface area contributed by atoms with Gasteiger partial charge in [-0.15, -0.1) is 16.4 Å². The normalized spacial score (nSPS) is 13.7. The maximum Gasteiger partial charge on any atom is 0.277 e. The molecule has 5 rings (SSSR count). The van der Waals surface area contributed by atoms with Gasteiger partial charge in [-0.25, -0.2) is 9.97 Å². The summed E-state index contributed by atoms with van der Waals surface area (Å²) in [5.41, 5.74) is 0.321. The highest BCUT2D eigenvalue weighted by Crippen LogP contribution is 2.33. The van der Waals surface area contributed by atoms with Gasteiger partial charge in [-0.1, -0.05) is 17.0 Å². The van der Waals surface area contributed by atoms with Gasteiger partial charge < -0.3 is 4.74 Å². The van der Waals surface area contributed by atoms with E-state index in [1.165, 1.54) is 61.0 Å². The van der Waals surface area contributed by atoms with Gasteiger partial charge in [0.1, 0.15) is 23.1 Å². The first kappa shape index (κ1) is 23.8. The molecule has 9 nitrogen and oxygen atoms in total. The quantitative estimate of drug-likeness (QED) is 0.319. The third-order valence-electron chi connectivity index (χ3n) is 5.21. The van der Waals surface area contributed by atoms with Crippen molar-refractivity contribution < 1.29 is 9.53 Å². The van der Waals surface area contributed by atoms with Crippen LogP contribution in [0.25, 0.3) is 0 Å². The third-order valence-corrected chi connectivity index (χ3v) is 7.76. The molecule has 1 N–H and O–H groups in total. The number of carbonyl (C=O) groups excluding carboxylic acids is 1. The Kier molecular flexibility index (Phi) is 7.93. The van der Waals surface area contributed by atoms with Crippen LogP contribution in [0.5, 0.6) is 5.75 Å². The standard InChI is InChI=1S/C23H23N7O2S3/c31-22(27-23-24-10-16-33-23)21-19(7-8-20(26-21)35-30-13-9-25-28-30)34-18-5-3-17(4-6-18)32-15-14-29-11-1-2-12-29/h3-10,13,16H,1-2,11-12,14-15H2,(H,24,27,31). The monoisotopic (exact) mass is 525 g/mol. The van der Waals surface area contributed by atoms with Crippen molar-refractivity contribution in [2.45, 2.75) is 27.7 Å². The summed E-state index contributed by atoms with van der Waals surface area (Å²) in [6.07, 6.45) is 7.52. The SMILES string of the molecule is O=C(Nc1nccs1)c1nc(Sn2ccnn2)ccc1Sc1ccc(OCCN2CCCC2)cc1. The zero-order valence-corrected chi connectivity index (χ0v) is 21.2. The summed E-state index contributed by atoms with van der Waals surface area (Å²) in [5, 5.41) is 13.6. The Bertz CT molecular complexity index is 1230. The molecule has 0 atom stereocenters. The minimum atomic E-state index is -0.314. The number of amides is 1. The van der Waals surface area contributed by atoms with Gasteiger partial charge in [0, 0.05) is 39.9 Å². The number of nitrogens with one attached hydrogen (secondary N) is 1. The van der Waals surface area contributed by atoms with E-state index in [2.05, 4.69) is 30.5 Å². The van der Waals surface area contributed by atoms with E-state index in [-0.39, 0.29) is 5.91 Å². The molecule has 4 heterocycles. The summed E-state index contributed by atoms with van der Waals surface area (Å²) in [6, 6.07) is 11.7. The van der Waals surface area contributed by atoms with Crippen molar-refractivity contribution in [3.8, 4) is 5.75 Å². The molecule has 1 aromatic carbocycles. The number of pyridine rings is 1. The highest BCUT2D eigenvalue weighted by Gasteiger charge is 2.18. The van der Waals surface area contributed by atoms with Crippen LogP contribution in [0.15, 0.2) is 75.2 Å². The molecule has 4 aromatic rings. The number of nitrogens with zero attached hydrogens (tertiary/aromatic N) is 6. The number of thiazole rings is 1. The summed E-state index contributed by atoms with van der Waals surface area (Å²) in [5.74, 6) is 0.526. The number of hydrogen-bond acceptors (Lipinski definition) is 10. The van der Waals surface area contributed by atoms with E-state index in [1.54, 1.807) is 22.7 Å². The van der Waals surface area contributed by atoms with Crippen LogP contribution in [0.2, 0.25) is 0 Å². The van der Waals surface area contributed by atoms with Gasteiger partial charge in [-0.3, -0.25) is 15.0 Å². The van der Waals surface area contributed by atoms with E-state index in [0.29, 0.717) is 22.5 Å². The van der Waals surface area contributed by atoms with Crippen molar-refractivity contribution in [2.24, 2.45) is 0 Å². The predicted octanol–water partition coefficient (Wildman–Crippen LogP) is 4.56. The summed E-state index contributed by atoms with van der Waals surface area (Å²) >= 11 is 4.11. The van der Waals surface area contributed by atoms with E-state index in [4.69, 9.17) is 4.74 Å². The number of anilines is 1. The van der Waals surface area contributed by atoms with Crippen molar-refractivity contribution in [1.29, 1.82) is 0 Å². The first-order valence-corrected chi connectivity index (χ1v) is 13.6. The summed E-state index contributed by atoms with van der Waals surface area (Å²) < 4.78 is 7.49. The largest absolute Gasteiger partial charge is 0.492 e. The fourth-order valence-electron chi connectivity index (χ4n) is 3.54. The molecule has 1 amide bonds. The number of carbonyl (C=O) groups is 1. The minimum Gasteiger partial charge on any atom is -0.492 e. The first-order valence-electron chi connectivity index (χ1n) is 11.1. The van der Waals surface area contributed by atoms with Crippen LogP contribution >= 0.6 is 35.0 Å². The Morgan fingerprint density at radius 2 is 1.97 bits per heavy atom. The molecule has 0 radical (unpaired) electrons. The van der Waals surface area contributed by atoms with Crippen molar-refractivity contribution in [2.75, 3.05) is 31.6 Å². The summed E-state index contributed by atoms with van der Waals surface area (Å²) in [6.45, 7) is 3.98. The van der Waals surface area contributed by atoms with Crippen LogP contribution in [0.4, 0.5) is 5.13 Å². The van der Waals surface area contributed by atoms with Crippen LogP contribution < -0.4 is 10.1 Å². The highest BCUT2D eigenvalue weighted by molar-refractivity contribution is 7.99. The predicted molar refractivity (Wildman–Crippen MR) is 137 cm³/mol. The topological polar surface area (TPSA) is 98.1 Å². The van der Waals surface area contributed by atoms with Crippen LogP contribution in [0.1, 0.15) is 23.3 Å². The maximum absolute atomic E-state index is 13.1. The van der Waals surface area contributed by atoms with E-state index in [1.807, 2.05) is 41.8 Å². The van der Waals surface area contributed by atoms with E-state index < -0.39 is 0 Å². The van der Waals surface area contributed by atoms with E-state index >= 15 is 0 Å².